The van der Waals surface area contributed by atoms with E-state index in [2.05, 4.69) is 56.2 Å². The Morgan fingerprint density at radius 3 is 2.78 bits per heavy atom. The van der Waals surface area contributed by atoms with E-state index in [0.717, 1.165) is 6.54 Å². The van der Waals surface area contributed by atoms with Crippen LogP contribution in [0.4, 0.5) is 0 Å². The topological polar surface area (TPSA) is 12.0 Å². The molecule has 0 fully saturated rings. The largest absolute Gasteiger partial charge is 0.306 e. The monoisotopic (exact) mass is 391 g/mol. The Labute approximate surface area is 130 Å². The van der Waals surface area contributed by atoms with Crippen molar-refractivity contribution in [2.75, 3.05) is 6.54 Å². The van der Waals surface area contributed by atoms with Gasteiger partial charge in [-0.1, -0.05) is 18.6 Å². The molecule has 1 aromatic rings. The lowest BCUT2D eigenvalue weighted by Crippen LogP contribution is -2.24. The zero-order valence-electron chi connectivity index (χ0n) is 10.6. The van der Waals surface area contributed by atoms with Crippen molar-refractivity contribution < 1.29 is 0 Å². The minimum Gasteiger partial charge on any atom is -0.306 e. The van der Waals surface area contributed by atoms with Gasteiger partial charge in [0.1, 0.15) is 0 Å². The van der Waals surface area contributed by atoms with E-state index in [1.54, 1.807) is 5.57 Å². The van der Waals surface area contributed by atoms with Crippen molar-refractivity contribution in [2.24, 2.45) is 0 Å². The summed E-state index contributed by atoms with van der Waals surface area (Å²) in [6, 6.07) is 2.66. The first kappa shape index (κ1) is 14.8. The maximum absolute atomic E-state index is 3.70. The van der Waals surface area contributed by atoms with Crippen LogP contribution >= 0.6 is 43.2 Å². The van der Waals surface area contributed by atoms with Crippen LogP contribution in [-0.2, 0) is 0 Å². The van der Waals surface area contributed by atoms with E-state index in [1.165, 1.54) is 45.2 Å². The van der Waals surface area contributed by atoms with Crippen LogP contribution in [-0.4, -0.2) is 6.54 Å². The number of rotatable bonds is 5. The lowest BCUT2D eigenvalue weighted by atomic mass is 9.93. The molecule has 1 aliphatic carbocycles. The second-order valence-electron chi connectivity index (χ2n) is 4.68. The number of nitrogens with one attached hydrogen (secondary N) is 1. The molecule has 1 heterocycles. The van der Waals surface area contributed by atoms with Gasteiger partial charge in [-0.05, 0) is 76.6 Å². The van der Waals surface area contributed by atoms with Crippen molar-refractivity contribution in [2.45, 2.75) is 45.1 Å². The molecular formula is C14H19Br2NS. The lowest BCUT2D eigenvalue weighted by molar-refractivity contribution is 0.552. The average molecular weight is 393 g/mol. The molecule has 100 valence electrons. The second-order valence-corrected chi connectivity index (χ2v) is 7.94. The SMILES string of the molecule is CCCNC(C1=CCCCC1)c1cc(Br)c(Br)s1. The summed E-state index contributed by atoms with van der Waals surface area (Å²) in [7, 11) is 0. The van der Waals surface area contributed by atoms with Crippen molar-refractivity contribution in [1.82, 2.24) is 5.32 Å². The van der Waals surface area contributed by atoms with Gasteiger partial charge in [-0.3, -0.25) is 0 Å². The molecule has 2 rings (SSSR count). The Morgan fingerprint density at radius 1 is 1.39 bits per heavy atom. The first-order valence-electron chi connectivity index (χ1n) is 6.59. The predicted molar refractivity (Wildman–Crippen MR) is 87.3 cm³/mol. The molecule has 1 atom stereocenters. The normalized spacial score (nSPS) is 17.6. The molecule has 0 aliphatic heterocycles. The summed E-state index contributed by atoms with van der Waals surface area (Å²) >= 11 is 9.03. The first-order chi connectivity index (χ1) is 8.72. The Kier molecular flexibility index (Phi) is 5.93. The van der Waals surface area contributed by atoms with E-state index < -0.39 is 0 Å². The zero-order valence-corrected chi connectivity index (χ0v) is 14.6. The summed E-state index contributed by atoms with van der Waals surface area (Å²) in [6.45, 7) is 3.30. The molecule has 4 heteroatoms. The van der Waals surface area contributed by atoms with E-state index in [9.17, 15) is 0 Å². The van der Waals surface area contributed by atoms with Crippen molar-refractivity contribution in [3.05, 3.63) is 30.9 Å². The maximum atomic E-state index is 3.70. The van der Waals surface area contributed by atoms with Crippen LogP contribution in [0.25, 0.3) is 0 Å². The number of hydrogen-bond acceptors (Lipinski definition) is 2. The van der Waals surface area contributed by atoms with Crippen LogP contribution in [0.1, 0.15) is 49.9 Å². The average Bonchev–Trinajstić information content (AvgIpc) is 2.71. The molecule has 0 aromatic carbocycles. The van der Waals surface area contributed by atoms with Crippen LogP contribution in [0.15, 0.2) is 26.0 Å². The zero-order chi connectivity index (χ0) is 13.0. The molecule has 18 heavy (non-hydrogen) atoms. The van der Waals surface area contributed by atoms with Gasteiger partial charge in [-0.25, -0.2) is 0 Å². The summed E-state index contributed by atoms with van der Waals surface area (Å²) in [5.41, 5.74) is 1.58. The third-order valence-corrected chi connectivity index (χ3v) is 6.57. The number of allylic oxidation sites excluding steroid dienone is 1. The van der Waals surface area contributed by atoms with Gasteiger partial charge in [0.05, 0.1) is 9.83 Å². The Bertz CT molecular complexity index is 406. The highest BCUT2D eigenvalue weighted by Gasteiger charge is 2.20. The standard InChI is InChI=1S/C14H19Br2NS/c1-2-8-17-13(10-6-4-3-5-7-10)12-9-11(15)14(16)18-12/h6,9,13,17H,2-5,7-8H2,1H3. The van der Waals surface area contributed by atoms with Crippen molar-refractivity contribution >= 4 is 43.2 Å². The van der Waals surface area contributed by atoms with E-state index in [0.29, 0.717) is 6.04 Å². The van der Waals surface area contributed by atoms with Gasteiger partial charge in [-0.2, -0.15) is 0 Å². The van der Waals surface area contributed by atoms with Crippen LogP contribution in [0, 0.1) is 0 Å². The number of thiophene rings is 1. The van der Waals surface area contributed by atoms with Gasteiger partial charge in [-0.15, -0.1) is 11.3 Å². The maximum Gasteiger partial charge on any atom is 0.0843 e. The minimum absolute atomic E-state index is 0.415. The van der Waals surface area contributed by atoms with Crippen molar-refractivity contribution in [3.63, 3.8) is 0 Å². The highest BCUT2D eigenvalue weighted by Crippen LogP contribution is 2.39. The van der Waals surface area contributed by atoms with Gasteiger partial charge in [0.2, 0.25) is 0 Å². The molecule has 1 aliphatic rings. The van der Waals surface area contributed by atoms with Gasteiger partial charge in [0.15, 0.2) is 0 Å². The molecule has 1 aromatic heterocycles. The summed E-state index contributed by atoms with van der Waals surface area (Å²) < 4.78 is 2.36. The quantitative estimate of drug-likeness (QED) is 0.623. The Balaban J connectivity index is 2.20. The van der Waals surface area contributed by atoms with E-state index in [1.807, 2.05) is 11.3 Å². The smallest absolute Gasteiger partial charge is 0.0843 e. The van der Waals surface area contributed by atoms with Gasteiger partial charge < -0.3 is 5.32 Å². The third-order valence-electron chi connectivity index (χ3n) is 3.24. The van der Waals surface area contributed by atoms with Crippen LogP contribution in [0.2, 0.25) is 0 Å². The minimum atomic E-state index is 0.415. The second kappa shape index (κ2) is 7.22. The summed E-state index contributed by atoms with van der Waals surface area (Å²) in [4.78, 5) is 1.41. The molecule has 0 amide bonds. The summed E-state index contributed by atoms with van der Waals surface area (Å²) in [6.07, 6.45) is 8.80. The number of hydrogen-bond donors (Lipinski definition) is 1. The van der Waals surface area contributed by atoms with Crippen LogP contribution in [0.3, 0.4) is 0 Å². The fourth-order valence-corrected chi connectivity index (χ4v) is 4.54. The molecule has 0 bridgehead atoms. The van der Waals surface area contributed by atoms with Crippen molar-refractivity contribution in [3.8, 4) is 0 Å². The van der Waals surface area contributed by atoms with E-state index >= 15 is 0 Å². The molecule has 1 unspecified atom stereocenters. The fraction of sp³-hybridized carbons (Fsp3) is 0.571. The molecule has 1 N–H and O–H groups in total. The Morgan fingerprint density at radius 2 is 2.22 bits per heavy atom. The Hall–Kier alpha value is 0.360. The van der Waals surface area contributed by atoms with Crippen LogP contribution < -0.4 is 5.32 Å². The van der Waals surface area contributed by atoms with Gasteiger partial charge in [0.25, 0.3) is 0 Å². The first-order valence-corrected chi connectivity index (χ1v) is 8.99. The lowest BCUT2D eigenvalue weighted by Gasteiger charge is -2.23. The van der Waals surface area contributed by atoms with Gasteiger partial charge >= 0.3 is 0 Å². The van der Waals surface area contributed by atoms with E-state index in [-0.39, 0.29) is 0 Å². The number of halogens is 2. The third kappa shape index (κ3) is 3.69. The van der Waals surface area contributed by atoms with Crippen LogP contribution in [0.5, 0.6) is 0 Å². The predicted octanol–water partition coefficient (Wildman–Crippen LogP) is 5.81. The van der Waals surface area contributed by atoms with E-state index in [4.69, 9.17) is 0 Å². The molecule has 1 nitrogen and oxygen atoms in total. The molecular weight excluding hydrogens is 374 g/mol. The summed E-state index contributed by atoms with van der Waals surface area (Å²) in [5.74, 6) is 0. The molecule has 0 radical (unpaired) electrons. The highest BCUT2D eigenvalue weighted by molar-refractivity contribution is 9.13. The molecule has 0 spiro atoms. The molecule has 0 saturated carbocycles. The van der Waals surface area contributed by atoms with Crippen molar-refractivity contribution in [1.29, 1.82) is 0 Å². The summed E-state index contributed by atoms with van der Waals surface area (Å²) in [5, 5.41) is 3.70. The molecule has 0 saturated heterocycles. The van der Waals surface area contributed by atoms with Gasteiger partial charge in [0, 0.05) is 9.35 Å². The highest BCUT2D eigenvalue weighted by atomic mass is 79.9. The fourth-order valence-electron chi connectivity index (χ4n) is 2.33.